The molecule has 1 spiro atoms. The number of aromatic nitrogens is 1. The lowest BCUT2D eigenvalue weighted by Crippen LogP contribution is -2.51. The minimum atomic E-state index is 0.304. The smallest absolute Gasteiger partial charge is 0.222 e. The van der Waals surface area contributed by atoms with Gasteiger partial charge >= 0.3 is 0 Å². The molecule has 0 atom stereocenters. The Kier molecular flexibility index (Phi) is 4.52. The van der Waals surface area contributed by atoms with Crippen molar-refractivity contribution >= 4 is 28.8 Å². The van der Waals surface area contributed by atoms with Gasteiger partial charge in [0.25, 0.3) is 0 Å². The van der Waals surface area contributed by atoms with Gasteiger partial charge in [-0.2, -0.15) is 0 Å². The molecule has 1 aromatic heterocycles. The Bertz CT molecular complexity index is 505. The Labute approximate surface area is 134 Å². The summed E-state index contributed by atoms with van der Waals surface area (Å²) in [6.07, 6.45) is 4.97. The maximum Gasteiger partial charge on any atom is 0.222 e. The zero-order chi connectivity index (χ0) is 14.9. The number of carbonyl (C=O) groups is 1. The van der Waals surface area contributed by atoms with Crippen LogP contribution in [0.5, 0.6) is 0 Å². The van der Waals surface area contributed by atoms with Crippen molar-refractivity contribution in [2.75, 3.05) is 26.2 Å². The first-order valence-corrected chi connectivity index (χ1v) is 8.88. The minimum absolute atomic E-state index is 0.304. The van der Waals surface area contributed by atoms with Crippen molar-refractivity contribution < 1.29 is 4.79 Å². The molecule has 0 bridgehead atoms. The van der Waals surface area contributed by atoms with E-state index >= 15 is 0 Å². The summed E-state index contributed by atoms with van der Waals surface area (Å²) in [4.78, 5) is 18.7. The second-order valence-corrected chi connectivity index (χ2v) is 7.97. The Morgan fingerprint density at radius 2 is 2.14 bits per heavy atom. The lowest BCUT2D eigenvalue weighted by atomic mass is 9.73. The molecule has 3 rings (SSSR count). The summed E-state index contributed by atoms with van der Waals surface area (Å²) >= 11 is 7.60. The molecule has 21 heavy (non-hydrogen) atoms. The quantitative estimate of drug-likeness (QED) is 0.928. The van der Waals surface area contributed by atoms with Crippen LogP contribution in [-0.4, -0.2) is 42.0 Å². The highest BCUT2D eigenvalue weighted by molar-refractivity contribution is 7.16. The molecule has 0 radical (unpaired) electrons. The van der Waals surface area contributed by atoms with Gasteiger partial charge in [0.1, 0.15) is 4.34 Å². The molecular weight excluding hydrogens is 306 g/mol. The molecule has 4 nitrogen and oxygen atoms in total. The fraction of sp³-hybridized carbons (Fsp3) is 0.733. The number of carbonyl (C=O) groups excluding carboxylic acids is 1. The van der Waals surface area contributed by atoms with Gasteiger partial charge in [-0.25, -0.2) is 4.98 Å². The van der Waals surface area contributed by atoms with Crippen molar-refractivity contribution in [1.29, 1.82) is 0 Å². The number of piperidine rings is 2. The van der Waals surface area contributed by atoms with Gasteiger partial charge in [0.05, 0.1) is 10.7 Å². The predicted octanol–water partition coefficient (Wildman–Crippen LogP) is 2.64. The number of aryl methyl sites for hydroxylation is 1. The van der Waals surface area contributed by atoms with E-state index in [1.807, 2.05) is 6.92 Å². The Morgan fingerprint density at radius 1 is 1.38 bits per heavy atom. The summed E-state index contributed by atoms with van der Waals surface area (Å²) < 4.78 is 0.768. The summed E-state index contributed by atoms with van der Waals surface area (Å²) in [6.45, 7) is 5.80. The van der Waals surface area contributed by atoms with Crippen LogP contribution in [-0.2, 0) is 11.2 Å². The van der Waals surface area contributed by atoms with Crippen LogP contribution in [0.1, 0.15) is 36.4 Å². The van der Waals surface area contributed by atoms with E-state index in [9.17, 15) is 4.79 Å². The zero-order valence-corrected chi connectivity index (χ0v) is 14.0. The lowest BCUT2D eigenvalue weighted by Gasteiger charge is -2.45. The minimum Gasteiger partial charge on any atom is -0.342 e. The van der Waals surface area contributed by atoms with E-state index in [1.54, 1.807) is 0 Å². The van der Waals surface area contributed by atoms with E-state index in [0.717, 1.165) is 54.1 Å². The summed E-state index contributed by atoms with van der Waals surface area (Å²) in [5.41, 5.74) is 1.26. The predicted molar refractivity (Wildman–Crippen MR) is 85.9 cm³/mol. The first kappa shape index (κ1) is 15.3. The van der Waals surface area contributed by atoms with Gasteiger partial charge in [0.2, 0.25) is 5.91 Å². The van der Waals surface area contributed by atoms with Crippen LogP contribution in [0.25, 0.3) is 0 Å². The van der Waals surface area contributed by atoms with Crippen molar-refractivity contribution in [2.45, 2.75) is 39.0 Å². The van der Waals surface area contributed by atoms with E-state index in [2.05, 4.69) is 15.2 Å². The zero-order valence-electron chi connectivity index (χ0n) is 12.5. The van der Waals surface area contributed by atoms with Gasteiger partial charge in [-0.05, 0) is 44.7 Å². The van der Waals surface area contributed by atoms with Crippen LogP contribution in [0.2, 0.25) is 4.34 Å². The molecule has 0 saturated carbocycles. The van der Waals surface area contributed by atoms with Gasteiger partial charge in [-0.3, -0.25) is 4.79 Å². The van der Waals surface area contributed by atoms with Crippen LogP contribution < -0.4 is 5.32 Å². The van der Waals surface area contributed by atoms with Gasteiger partial charge in [-0.1, -0.05) is 11.6 Å². The highest BCUT2D eigenvalue weighted by Gasteiger charge is 2.39. The van der Waals surface area contributed by atoms with Crippen LogP contribution in [0.15, 0.2) is 0 Å². The van der Waals surface area contributed by atoms with Crippen molar-refractivity contribution in [3.05, 3.63) is 15.0 Å². The standard InChI is InChI=1S/C15H22ClN3OS/c1-11-14(16)21-12(18-11)3-9-19-10-15(4-2-13(19)20)5-7-17-8-6-15/h17H,2-10H2,1H3. The van der Waals surface area contributed by atoms with Crippen molar-refractivity contribution in [3.8, 4) is 0 Å². The summed E-state index contributed by atoms with van der Waals surface area (Å²) in [6, 6.07) is 0. The van der Waals surface area contributed by atoms with Gasteiger partial charge in [-0.15, -0.1) is 11.3 Å². The molecule has 1 amide bonds. The fourth-order valence-corrected chi connectivity index (χ4v) is 4.53. The number of hydrogen-bond donors (Lipinski definition) is 1. The van der Waals surface area contributed by atoms with E-state index in [0.29, 0.717) is 17.7 Å². The summed E-state index contributed by atoms with van der Waals surface area (Å²) in [7, 11) is 0. The molecule has 2 fully saturated rings. The third-order valence-electron chi connectivity index (χ3n) is 4.79. The monoisotopic (exact) mass is 327 g/mol. The van der Waals surface area contributed by atoms with Gasteiger partial charge < -0.3 is 10.2 Å². The molecule has 2 saturated heterocycles. The number of nitrogens with zero attached hydrogens (tertiary/aromatic N) is 2. The molecule has 116 valence electrons. The van der Waals surface area contributed by atoms with E-state index in [-0.39, 0.29) is 0 Å². The molecule has 3 heterocycles. The molecule has 1 N–H and O–H groups in total. The number of rotatable bonds is 3. The fourth-order valence-electron chi connectivity index (χ4n) is 3.44. The first-order chi connectivity index (χ1) is 10.1. The Hall–Kier alpha value is -0.650. The SMILES string of the molecule is Cc1nc(CCN2CC3(CCNCC3)CCC2=O)sc1Cl. The molecular formula is C15H22ClN3OS. The molecule has 0 aliphatic carbocycles. The number of amides is 1. The van der Waals surface area contributed by atoms with Crippen molar-refractivity contribution in [3.63, 3.8) is 0 Å². The van der Waals surface area contributed by atoms with Crippen LogP contribution in [0.3, 0.4) is 0 Å². The second kappa shape index (κ2) is 6.23. The van der Waals surface area contributed by atoms with E-state index < -0.39 is 0 Å². The third kappa shape index (κ3) is 3.41. The van der Waals surface area contributed by atoms with Crippen LogP contribution in [0.4, 0.5) is 0 Å². The number of hydrogen-bond acceptors (Lipinski definition) is 4. The normalized spacial score (nSPS) is 22.0. The topological polar surface area (TPSA) is 45.2 Å². The second-order valence-electron chi connectivity index (χ2n) is 6.28. The molecule has 0 aromatic carbocycles. The Morgan fingerprint density at radius 3 is 2.81 bits per heavy atom. The summed E-state index contributed by atoms with van der Waals surface area (Å²) in [5, 5.41) is 4.46. The molecule has 1 aromatic rings. The highest BCUT2D eigenvalue weighted by atomic mass is 35.5. The maximum absolute atomic E-state index is 12.2. The van der Waals surface area contributed by atoms with Crippen LogP contribution >= 0.6 is 22.9 Å². The number of nitrogens with one attached hydrogen (secondary N) is 1. The van der Waals surface area contributed by atoms with E-state index in [4.69, 9.17) is 11.6 Å². The lowest BCUT2D eigenvalue weighted by molar-refractivity contribution is -0.138. The Balaban J connectivity index is 1.61. The highest BCUT2D eigenvalue weighted by Crippen LogP contribution is 2.38. The molecule has 6 heteroatoms. The molecule has 2 aliphatic rings. The van der Waals surface area contributed by atoms with E-state index in [1.165, 1.54) is 24.2 Å². The third-order valence-corrected chi connectivity index (χ3v) is 6.30. The maximum atomic E-state index is 12.2. The number of halogens is 1. The average Bonchev–Trinajstić information content (AvgIpc) is 2.80. The van der Waals surface area contributed by atoms with Crippen LogP contribution in [0, 0.1) is 12.3 Å². The number of thiazole rings is 1. The van der Waals surface area contributed by atoms with Gasteiger partial charge in [0, 0.05) is 25.9 Å². The van der Waals surface area contributed by atoms with Crippen molar-refractivity contribution in [1.82, 2.24) is 15.2 Å². The number of likely N-dealkylation sites (tertiary alicyclic amines) is 1. The average molecular weight is 328 g/mol. The first-order valence-electron chi connectivity index (χ1n) is 7.68. The van der Waals surface area contributed by atoms with Crippen molar-refractivity contribution in [2.24, 2.45) is 5.41 Å². The molecule has 0 unspecified atom stereocenters. The summed E-state index contributed by atoms with van der Waals surface area (Å²) in [5.74, 6) is 0.304. The molecule has 2 aliphatic heterocycles. The van der Waals surface area contributed by atoms with Gasteiger partial charge in [0.15, 0.2) is 0 Å². The largest absolute Gasteiger partial charge is 0.342 e.